The Morgan fingerprint density at radius 3 is 2.52 bits per heavy atom. The molecule has 128 valence electrons. The molecular weight excluding hydrogens is 312 g/mol. The summed E-state index contributed by atoms with van der Waals surface area (Å²) in [5.41, 5.74) is 1.16. The van der Waals surface area contributed by atoms with E-state index in [1.54, 1.807) is 11.2 Å². The van der Waals surface area contributed by atoms with Crippen LogP contribution in [0.15, 0.2) is 35.3 Å². The highest BCUT2D eigenvalue weighted by Crippen LogP contribution is 2.19. The summed E-state index contributed by atoms with van der Waals surface area (Å²) < 4.78 is 25.0. The minimum absolute atomic E-state index is 0.175. The van der Waals surface area contributed by atoms with E-state index in [-0.39, 0.29) is 5.75 Å². The lowest BCUT2D eigenvalue weighted by Gasteiger charge is -2.38. The highest BCUT2D eigenvalue weighted by molar-refractivity contribution is 7.89. The molecule has 1 N–H and O–H groups in total. The molecule has 6 nitrogen and oxygen atoms in total. The summed E-state index contributed by atoms with van der Waals surface area (Å²) in [5.74, 6) is 1.35. The molecule has 0 bridgehead atoms. The van der Waals surface area contributed by atoms with Crippen LogP contribution in [-0.4, -0.2) is 63.1 Å². The number of nitrogens with zero attached hydrogens (tertiary/aromatic N) is 3. The molecule has 1 aliphatic heterocycles. The molecular formula is C16H26N4O2S. The molecule has 2 rings (SSSR count). The van der Waals surface area contributed by atoms with Gasteiger partial charge in [0.2, 0.25) is 10.0 Å². The SMILES string of the molecule is CCS(=O)(=O)N1CC(CNC(=NCc2ccccc2)N(C)C)C1. The predicted molar refractivity (Wildman–Crippen MR) is 93.8 cm³/mol. The predicted octanol–water partition coefficient (Wildman–Crippen LogP) is 0.975. The quantitative estimate of drug-likeness (QED) is 0.620. The minimum atomic E-state index is -3.03. The topological polar surface area (TPSA) is 65.0 Å². The van der Waals surface area contributed by atoms with Crippen LogP contribution >= 0.6 is 0 Å². The number of nitrogens with one attached hydrogen (secondary N) is 1. The van der Waals surface area contributed by atoms with Gasteiger partial charge in [0.25, 0.3) is 0 Å². The first kappa shape index (κ1) is 17.7. The van der Waals surface area contributed by atoms with Crippen LogP contribution < -0.4 is 5.32 Å². The highest BCUT2D eigenvalue weighted by atomic mass is 32.2. The van der Waals surface area contributed by atoms with E-state index in [2.05, 4.69) is 22.4 Å². The van der Waals surface area contributed by atoms with Crippen LogP contribution in [0, 0.1) is 5.92 Å². The molecule has 0 aromatic heterocycles. The zero-order valence-corrected chi connectivity index (χ0v) is 14.9. The Balaban J connectivity index is 1.82. The maximum absolute atomic E-state index is 11.7. The van der Waals surface area contributed by atoms with Crippen LogP contribution in [0.3, 0.4) is 0 Å². The van der Waals surface area contributed by atoms with E-state index in [1.165, 1.54) is 0 Å². The molecule has 0 radical (unpaired) electrons. The van der Waals surface area contributed by atoms with Crippen LogP contribution in [0.1, 0.15) is 12.5 Å². The summed E-state index contributed by atoms with van der Waals surface area (Å²) >= 11 is 0. The molecule has 1 fully saturated rings. The van der Waals surface area contributed by atoms with Gasteiger partial charge in [-0.25, -0.2) is 17.7 Å². The van der Waals surface area contributed by atoms with Crippen molar-refractivity contribution in [2.45, 2.75) is 13.5 Å². The second-order valence-electron chi connectivity index (χ2n) is 5.98. The van der Waals surface area contributed by atoms with Crippen LogP contribution in [0.2, 0.25) is 0 Å². The lowest BCUT2D eigenvalue weighted by atomic mass is 10.0. The lowest BCUT2D eigenvalue weighted by Crippen LogP contribution is -2.54. The van der Waals surface area contributed by atoms with Gasteiger partial charge >= 0.3 is 0 Å². The van der Waals surface area contributed by atoms with Gasteiger partial charge in [-0.05, 0) is 12.5 Å². The van der Waals surface area contributed by atoms with Gasteiger partial charge in [-0.15, -0.1) is 0 Å². The Kier molecular flexibility index (Phi) is 6.01. The first-order valence-electron chi connectivity index (χ1n) is 7.89. The molecule has 0 spiro atoms. The van der Waals surface area contributed by atoms with E-state index in [4.69, 9.17) is 0 Å². The average Bonchev–Trinajstić information content (AvgIpc) is 2.49. The number of benzene rings is 1. The second kappa shape index (κ2) is 7.79. The Hall–Kier alpha value is -1.60. The standard InChI is InChI=1S/C16H26N4O2S/c1-4-23(21,22)20-12-15(13-20)11-18-16(19(2)3)17-10-14-8-6-5-7-9-14/h5-9,15H,4,10-13H2,1-3H3,(H,17,18). The smallest absolute Gasteiger partial charge is 0.213 e. The number of sulfonamides is 1. The number of guanidine groups is 1. The minimum Gasteiger partial charge on any atom is -0.356 e. The average molecular weight is 338 g/mol. The molecule has 0 unspecified atom stereocenters. The Morgan fingerprint density at radius 2 is 1.96 bits per heavy atom. The Labute approximate surface area is 139 Å². The number of hydrogen-bond donors (Lipinski definition) is 1. The van der Waals surface area contributed by atoms with Crippen LogP contribution in [-0.2, 0) is 16.6 Å². The van der Waals surface area contributed by atoms with Crippen LogP contribution in [0.4, 0.5) is 0 Å². The molecule has 1 saturated heterocycles. The zero-order chi connectivity index (χ0) is 16.9. The van der Waals surface area contributed by atoms with E-state index in [0.717, 1.165) is 18.1 Å². The van der Waals surface area contributed by atoms with Crippen molar-refractivity contribution in [1.82, 2.24) is 14.5 Å². The molecule has 1 aliphatic rings. The third kappa shape index (κ3) is 4.94. The summed E-state index contributed by atoms with van der Waals surface area (Å²) in [6, 6.07) is 10.1. The molecule has 0 saturated carbocycles. The van der Waals surface area contributed by atoms with Gasteiger partial charge < -0.3 is 10.2 Å². The summed E-state index contributed by atoms with van der Waals surface area (Å²) in [6.45, 7) is 4.25. The van der Waals surface area contributed by atoms with Crippen molar-refractivity contribution in [2.24, 2.45) is 10.9 Å². The monoisotopic (exact) mass is 338 g/mol. The molecule has 0 amide bonds. The van der Waals surface area contributed by atoms with Gasteiger partial charge in [0.1, 0.15) is 0 Å². The van der Waals surface area contributed by atoms with Crippen molar-refractivity contribution in [3.05, 3.63) is 35.9 Å². The molecule has 0 atom stereocenters. The molecule has 1 aromatic carbocycles. The lowest BCUT2D eigenvalue weighted by molar-refractivity contribution is 0.201. The Morgan fingerprint density at radius 1 is 1.30 bits per heavy atom. The summed E-state index contributed by atoms with van der Waals surface area (Å²) in [4.78, 5) is 6.55. The molecule has 1 heterocycles. The van der Waals surface area contributed by atoms with Crippen molar-refractivity contribution in [1.29, 1.82) is 0 Å². The molecule has 23 heavy (non-hydrogen) atoms. The molecule has 7 heteroatoms. The van der Waals surface area contributed by atoms with Gasteiger partial charge in [-0.3, -0.25) is 0 Å². The number of hydrogen-bond acceptors (Lipinski definition) is 3. The maximum Gasteiger partial charge on any atom is 0.213 e. The fourth-order valence-corrected chi connectivity index (χ4v) is 3.64. The van der Waals surface area contributed by atoms with Crippen molar-refractivity contribution in [2.75, 3.05) is 39.5 Å². The number of rotatable bonds is 6. The van der Waals surface area contributed by atoms with Gasteiger partial charge in [-0.1, -0.05) is 30.3 Å². The Bertz CT molecular complexity index is 623. The second-order valence-corrected chi connectivity index (χ2v) is 8.24. The first-order valence-corrected chi connectivity index (χ1v) is 9.50. The van der Waals surface area contributed by atoms with Crippen molar-refractivity contribution >= 4 is 16.0 Å². The van der Waals surface area contributed by atoms with E-state index < -0.39 is 10.0 Å². The van der Waals surface area contributed by atoms with Crippen LogP contribution in [0.5, 0.6) is 0 Å². The van der Waals surface area contributed by atoms with Gasteiger partial charge in [-0.2, -0.15) is 0 Å². The summed E-state index contributed by atoms with van der Waals surface area (Å²) in [6.07, 6.45) is 0. The summed E-state index contributed by atoms with van der Waals surface area (Å²) in [7, 11) is 0.869. The van der Waals surface area contributed by atoms with E-state index in [0.29, 0.717) is 25.6 Å². The van der Waals surface area contributed by atoms with Gasteiger partial charge in [0.15, 0.2) is 5.96 Å². The summed E-state index contributed by atoms with van der Waals surface area (Å²) in [5, 5.41) is 3.34. The van der Waals surface area contributed by atoms with E-state index in [1.807, 2.05) is 37.2 Å². The van der Waals surface area contributed by atoms with E-state index >= 15 is 0 Å². The van der Waals surface area contributed by atoms with E-state index in [9.17, 15) is 8.42 Å². The molecule has 0 aliphatic carbocycles. The third-order valence-corrected chi connectivity index (χ3v) is 5.72. The fourth-order valence-electron chi connectivity index (χ4n) is 2.40. The van der Waals surface area contributed by atoms with Crippen molar-refractivity contribution in [3.8, 4) is 0 Å². The fraction of sp³-hybridized carbons (Fsp3) is 0.562. The maximum atomic E-state index is 11.7. The van der Waals surface area contributed by atoms with Gasteiger partial charge in [0, 0.05) is 39.6 Å². The van der Waals surface area contributed by atoms with Gasteiger partial charge in [0.05, 0.1) is 12.3 Å². The van der Waals surface area contributed by atoms with Crippen molar-refractivity contribution < 1.29 is 8.42 Å². The third-order valence-electron chi connectivity index (χ3n) is 3.91. The number of aliphatic imine (C=N–C) groups is 1. The molecule has 1 aromatic rings. The zero-order valence-electron chi connectivity index (χ0n) is 14.1. The first-order chi connectivity index (χ1) is 10.9. The van der Waals surface area contributed by atoms with Crippen LogP contribution in [0.25, 0.3) is 0 Å². The van der Waals surface area contributed by atoms with Crippen molar-refractivity contribution in [3.63, 3.8) is 0 Å². The highest BCUT2D eigenvalue weighted by Gasteiger charge is 2.34. The normalized spacial score (nSPS) is 16.9. The largest absolute Gasteiger partial charge is 0.356 e.